The first kappa shape index (κ1) is 23.7. The highest BCUT2D eigenvalue weighted by molar-refractivity contribution is 7.21. The first-order valence-corrected chi connectivity index (χ1v) is 12.9. The summed E-state index contributed by atoms with van der Waals surface area (Å²) in [6.07, 6.45) is 1.96. The molecule has 0 radical (unpaired) electrons. The number of nitrogens with zero attached hydrogens (tertiary/aromatic N) is 3. The highest BCUT2D eigenvalue weighted by Crippen LogP contribution is 2.46. The van der Waals surface area contributed by atoms with E-state index in [2.05, 4.69) is 15.6 Å². The van der Waals surface area contributed by atoms with E-state index >= 15 is 0 Å². The van der Waals surface area contributed by atoms with Crippen LogP contribution in [0.25, 0.3) is 10.2 Å². The van der Waals surface area contributed by atoms with Crippen molar-refractivity contribution in [3.8, 4) is 11.5 Å². The summed E-state index contributed by atoms with van der Waals surface area (Å²) in [6.45, 7) is 0.679. The summed E-state index contributed by atoms with van der Waals surface area (Å²) in [5, 5.41) is 15.8. The van der Waals surface area contributed by atoms with E-state index in [-0.39, 0.29) is 18.5 Å². The van der Waals surface area contributed by atoms with Gasteiger partial charge in [-0.1, -0.05) is 24.3 Å². The standard InChI is InChI=1S/C27H23N5O5S/c33-24(29-16-6-5-13-31(15-16)27(35)36)23-22-21-20(11-12-28-25(21)38-23)32(26(34)30-22)17-7-4-10-19(14-17)37-18-8-2-1-3-9-18/h1-4,7-12,14,16H,5-6,13,15H2,(H,29,33)(H,30,34)(H,35,36). The molecule has 6 rings (SSSR count). The third kappa shape index (κ3) is 4.37. The predicted molar refractivity (Wildman–Crippen MR) is 144 cm³/mol. The van der Waals surface area contributed by atoms with Crippen molar-refractivity contribution in [3.63, 3.8) is 0 Å². The topological polar surface area (TPSA) is 124 Å². The Labute approximate surface area is 221 Å². The Bertz CT molecular complexity index is 1560. The van der Waals surface area contributed by atoms with Gasteiger partial charge in [-0.05, 0) is 43.2 Å². The summed E-state index contributed by atoms with van der Waals surface area (Å²) in [5.41, 5.74) is 1.62. The molecule has 0 spiro atoms. The monoisotopic (exact) mass is 529 g/mol. The number of para-hydroxylation sites is 1. The number of urea groups is 1. The molecule has 11 heteroatoms. The number of anilines is 3. The molecule has 3 N–H and O–H groups in total. The van der Waals surface area contributed by atoms with Crippen molar-refractivity contribution in [2.45, 2.75) is 18.9 Å². The average Bonchev–Trinajstić information content (AvgIpc) is 3.29. The fourth-order valence-electron chi connectivity index (χ4n) is 4.83. The zero-order chi connectivity index (χ0) is 26.2. The number of carbonyl (C=O) groups is 3. The number of hydrogen-bond donors (Lipinski definition) is 3. The minimum Gasteiger partial charge on any atom is -0.465 e. The van der Waals surface area contributed by atoms with Gasteiger partial charge in [-0.25, -0.2) is 14.6 Å². The van der Waals surface area contributed by atoms with Crippen LogP contribution in [0.1, 0.15) is 22.5 Å². The van der Waals surface area contributed by atoms with Gasteiger partial charge in [0.05, 0.1) is 22.4 Å². The van der Waals surface area contributed by atoms with Crippen molar-refractivity contribution >= 4 is 56.6 Å². The van der Waals surface area contributed by atoms with E-state index in [0.29, 0.717) is 63.0 Å². The zero-order valence-electron chi connectivity index (χ0n) is 20.1. The molecule has 2 aromatic heterocycles. The number of carbonyl (C=O) groups excluding carboxylic acids is 2. The molecule has 192 valence electrons. The number of benzene rings is 2. The Balaban J connectivity index is 1.31. The molecule has 4 aromatic rings. The van der Waals surface area contributed by atoms with E-state index in [9.17, 15) is 19.5 Å². The lowest BCUT2D eigenvalue weighted by Crippen LogP contribution is -2.49. The quantitative estimate of drug-likeness (QED) is 0.307. The second-order valence-corrected chi connectivity index (χ2v) is 10.0. The number of aromatic nitrogens is 1. The summed E-state index contributed by atoms with van der Waals surface area (Å²) in [5.74, 6) is 0.892. The first-order valence-electron chi connectivity index (χ1n) is 12.1. The molecule has 1 atom stereocenters. The van der Waals surface area contributed by atoms with Gasteiger partial charge in [-0.3, -0.25) is 9.69 Å². The highest BCUT2D eigenvalue weighted by atomic mass is 32.1. The molecule has 1 fully saturated rings. The van der Waals surface area contributed by atoms with Crippen molar-refractivity contribution in [2.75, 3.05) is 23.3 Å². The van der Waals surface area contributed by atoms with E-state index in [4.69, 9.17) is 4.74 Å². The maximum Gasteiger partial charge on any atom is 0.407 e. The number of nitrogens with one attached hydrogen (secondary N) is 2. The predicted octanol–water partition coefficient (Wildman–Crippen LogP) is 5.64. The van der Waals surface area contributed by atoms with Crippen LogP contribution in [0.5, 0.6) is 11.5 Å². The SMILES string of the molecule is O=C(NC1CCCN(C(=O)O)C1)c1sc2nccc3c2c1NC(=O)N3c1cccc(Oc2ccccc2)c1. The van der Waals surface area contributed by atoms with Gasteiger partial charge >= 0.3 is 12.1 Å². The number of ether oxygens (including phenoxy) is 1. The molecule has 38 heavy (non-hydrogen) atoms. The summed E-state index contributed by atoms with van der Waals surface area (Å²) >= 11 is 1.19. The number of rotatable bonds is 5. The summed E-state index contributed by atoms with van der Waals surface area (Å²) < 4.78 is 5.96. The van der Waals surface area contributed by atoms with Gasteiger partial charge in [-0.15, -0.1) is 11.3 Å². The Kier molecular flexibility index (Phi) is 6.04. The number of amides is 4. The lowest BCUT2D eigenvalue weighted by molar-refractivity contribution is 0.0893. The largest absolute Gasteiger partial charge is 0.465 e. The van der Waals surface area contributed by atoms with Crippen LogP contribution in [-0.4, -0.2) is 52.2 Å². The minimum absolute atomic E-state index is 0.229. The van der Waals surface area contributed by atoms with E-state index in [1.807, 2.05) is 48.5 Å². The smallest absolute Gasteiger partial charge is 0.407 e. The lowest BCUT2D eigenvalue weighted by atomic mass is 10.1. The fraction of sp³-hybridized carbons (Fsp3) is 0.185. The number of piperidine rings is 1. The van der Waals surface area contributed by atoms with Crippen molar-refractivity contribution in [3.05, 3.63) is 71.7 Å². The van der Waals surface area contributed by atoms with Crippen LogP contribution in [0.3, 0.4) is 0 Å². The first-order chi connectivity index (χ1) is 18.5. The van der Waals surface area contributed by atoms with Crippen LogP contribution in [-0.2, 0) is 0 Å². The Morgan fingerprint density at radius 2 is 1.92 bits per heavy atom. The molecule has 10 nitrogen and oxygen atoms in total. The molecule has 0 saturated carbocycles. The number of likely N-dealkylation sites (tertiary alicyclic amines) is 1. The average molecular weight is 530 g/mol. The van der Waals surface area contributed by atoms with Crippen LogP contribution in [0.2, 0.25) is 0 Å². The van der Waals surface area contributed by atoms with E-state index < -0.39 is 12.1 Å². The van der Waals surface area contributed by atoms with Gasteiger partial charge in [0.2, 0.25) is 0 Å². The van der Waals surface area contributed by atoms with Gasteiger partial charge in [0.1, 0.15) is 21.2 Å². The second kappa shape index (κ2) is 9.67. The number of carboxylic acid groups (broad SMARTS) is 1. The van der Waals surface area contributed by atoms with E-state index in [1.54, 1.807) is 18.3 Å². The molecular weight excluding hydrogens is 506 g/mol. The van der Waals surface area contributed by atoms with Crippen LogP contribution < -0.4 is 20.3 Å². The van der Waals surface area contributed by atoms with Crippen molar-refractivity contribution in [1.82, 2.24) is 15.2 Å². The molecule has 4 heterocycles. The second-order valence-electron chi connectivity index (χ2n) is 9.04. The Morgan fingerprint density at radius 1 is 1.11 bits per heavy atom. The third-order valence-electron chi connectivity index (χ3n) is 6.53. The number of pyridine rings is 1. The van der Waals surface area contributed by atoms with Crippen LogP contribution in [0, 0.1) is 0 Å². The molecule has 0 bridgehead atoms. The summed E-state index contributed by atoms with van der Waals surface area (Å²) in [6, 6.07) is 17.6. The van der Waals surface area contributed by atoms with Crippen molar-refractivity contribution in [1.29, 1.82) is 0 Å². The maximum atomic E-state index is 13.4. The van der Waals surface area contributed by atoms with Crippen LogP contribution in [0.4, 0.5) is 26.7 Å². The van der Waals surface area contributed by atoms with Crippen molar-refractivity contribution in [2.24, 2.45) is 0 Å². The lowest BCUT2D eigenvalue weighted by Gasteiger charge is -2.31. The van der Waals surface area contributed by atoms with Crippen molar-refractivity contribution < 1.29 is 24.2 Å². The summed E-state index contributed by atoms with van der Waals surface area (Å²) in [4.78, 5) is 46.3. The minimum atomic E-state index is -1.000. The molecule has 1 saturated heterocycles. The molecule has 4 amide bonds. The molecule has 1 unspecified atom stereocenters. The molecule has 2 aliphatic heterocycles. The Morgan fingerprint density at radius 3 is 2.74 bits per heavy atom. The molecular formula is C27H23N5O5S. The molecule has 0 aliphatic carbocycles. The summed E-state index contributed by atoms with van der Waals surface area (Å²) in [7, 11) is 0. The maximum absolute atomic E-state index is 13.4. The molecule has 2 aromatic carbocycles. The normalized spacial score (nSPS) is 16.7. The number of hydrogen-bond acceptors (Lipinski definition) is 6. The Hall–Kier alpha value is -4.64. The highest BCUT2D eigenvalue weighted by Gasteiger charge is 2.34. The van der Waals surface area contributed by atoms with Gasteiger partial charge in [-0.2, -0.15) is 0 Å². The molecule has 2 aliphatic rings. The van der Waals surface area contributed by atoms with Crippen LogP contribution in [0.15, 0.2) is 66.9 Å². The fourth-order valence-corrected chi connectivity index (χ4v) is 5.85. The van der Waals surface area contributed by atoms with E-state index in [0.717, 1.165) is 0 Å². The van der Waals surface area contributed by atoms with Gasteiger partial charge < -0.3 is 25.4 Å². The van der Waals surface area contributed by atoms with E-state index in [1.165, 1.54) is 21.1 Å². The zero-order valence-corrected chi connectivity index (χ0v) is 20.9. The number of thiophene rings is 1. The third-order valence-corrected chi connectivity index (χ3v) is 7.63. The van der Waals surface area contributed by atoms with Crippen LogP contribution >= 0.6 is 11.3 Å². The van der Waals surface area contributed by atoms with Gasteiger partial charge in [0, 0.05) is 31.4 Å². The van der Waals surface area contributed by atoms with Gasteiger partial charge in [0.15, 0.2) is 0 Å². The van der Waals surface area contributed by atoms with Gasteiger partial charge in [0.25, 0.3) is 5.91 Å².